The lowest BCUT2D eigenvalue weighted by Gasteiger charge is -2.30. The van der Waals surface area contributed by atoms with Gasteiger partial charge in [0.25, 0.3) is 0 Å². The van der Waals surface area contributed by atoms with Gasteiger partial charge in [-0.25, -0.2) is 0 Å². The van der Waals surface area contributed by atoms with Crippen molar-refractivity contribution in [3.63, 3.8) is 0 Å². The summed E-state index contributed by atoms with van der Waals surface area (Å²) in [5, 5.41) is 2.79. The molecule has 0 aromatic heterocycles. The Balaban J connectivity index is 1.58. The summed E-state index contributed by atoms with van der Waals surface area (Å²) >= 11 is 0. The highest BCUT2D eigenvalue weighted by Gasteiger charge is 2.67. The van der Waals surface area contributed by atoms with Gasteiger partial charge in [-0.2, -0.15) is 0 Å². The Kier molecular flexibility index (Phi) is 4.29. The number of nitrogens with zero attached hydrogens (tertiary/aromatic N) is 2. The van der Waals surface area contributed by atoms with Crippen LogP contribution in [0.2, 0.25) is 0 Å². The van der Waals surface area contributed by atoms with Gasteiger partial charge in [0, 0.05) is 32.1 Å². The molecule has 2 bridgehead atoms. The molecule has 26 heavy (non-hydrogen) atoms. The number of amides is 3. The van der Waals surface area contributed by atoms with Crippen molar-refractivity contribution in [3.05, 3.63) is 12.2 Å². The maximum Gasteiger partial charge on any atom is 0.230 e. The van der Waals surface area contributed by atoms with Crippen molar-refractivity contribution in [3.8, 4) is 0 Å². The lowest BCUT2D eigenvalue weighted by Crippen LogP contribution is -2.47. The van der Waals surface area contributed by atoms with Crippen LogP contribution in [0.25, 0.3) is 0 Å². The fraction of sp³-hybridized carbons (Fsp3) is 0.737. The highest BCUT2D eigenvalue weighted by molar-refractivity contribution is 5.93. The van der Waals surface area contributed by atoms with Crippen LogP contribution < -0.4 is 5.32 Å². The van der Waals surface area contributed by atoms with Crippen molar-refractivity contribution >= 4 is 17.7 Å². The molecule has 4 atom stereocenters. The average molecular weight is 361 g/mol. The van der Waals surface area contributed by atoms with Crippen molar-refractivity contribution in [1.29, 1.82) is 0 Å². The first-order valence-corrected chi connectivity index (χ1v) is 9.74. The SMILES string of the molecule is CCC(CC)N1C[C@]23C=C[C@H](O2)[C@@H](C(=O)N2CCNC(=O)CC2)[C@H]3C1=O. The zero-order chi connectivity index (χ0) is 18.5. The van der Waals surface area contributed by atoms with Crippen LogP contribution in [0.4, 0.5) is 0 Å². The number of likely N-dealkylation sites (tertiary alicyclic amines) is 1. The highest BCUT2D eigenvalue weighted by atomic mass is 16.5. The molecule has 3 saturated heterocycles. The van der Waals surface area contributed by atoms with Crippen molar-refractivity contribution in [2.24, 2.45) is 11.8 Å². The maximum atomic E-state index is 13.3. The first-order chi connectivity index (χ1) is 12.5. The predicted molar refractivity (Wildman–Crippen MR) is 94.0 cm³/mol. The summed E-state index contributed by atoms with van der Waals surface area (Å²) in [5.41, 5.74) is -0.648. The van der Waals surface area contributed by atoms with Crippen molar-refractivity contribution in [1.82, 2.24) is 15.1 Å². The number of ether oxygens (including phenoxy) is 1. The molecule has 0 aromatic carbocycles. The van der Waals surface area contributed by atoms with Gasteiger partial charge in [0.1, 0.15) is 5.60 Å². The average Bonchev–Trinajstić information content (AvgIpc) is 3.21. The van der Waals surface area contributed by atoms with Crippen LogP contribution in [0.1, 0.15) is 33.1 Å². The molecule has 0 aromatic rings. The van der Waals surface area contributed by atoms with E-state index < -0.39 is 17.4 Å². The van der Waals surface area contributed by atoms with Crippen molar-refractivity contribution in [2.75, 3.05) is 26.2 Å². The minimum absolute atomic E-state index is 0.0299. The van der Waals surface area contributed by atoms with Gasteiger partial charge in [-0.15, -0.1) is 0 Å². The fourth-order valence-electron chi connectivity index (χ4n) is 5.05. The molecule has 0 aliphatic carbocycles. The smallest absolute Gasteiger partial charge is 0.230 e. The Hall–Kier alpha value is -1.89. The minimum atomic E-state index is -0.648. The number of hydrogen-bond donors (Lipinski definition) is 1. The van der Waals surface area contributed by atoms with Crippen LogP contribution in [0.3, 0.4) is 0 Å². The zero-order valence-corrected chi connectivity index (χ0v) is 15.4. The molecule has 0 unspecified atom stereocenters. The van der Waals surface area contributed by atoms with Crippen LogP contribution in [0.5, 0.6) is 0 Å². The van der Waals surface area contributed by atoms with Gasteiger partial charge >= 0.3 is 0 Å². The first kappa shape index (κ1) is 17.5. The molecule has 4 rings (SSSR count). The maximum absolute atomic E-state index is 13.3. The molecule has 7 nitrogen and oxygen atoms in total. The van der Waals surface area contributed by atoms with E-state index in [0.717, 1.165) is 12.8 Å². The van der Waals surface area contributed by atoms with Crippen molar-refractivity contribution < 1.29 is 19.1 Å². The Bertz CT molecular complexity index is 659. The Morgan fingerprint density at radius 1 is 1.35 bits per heavy atom. The van der Waals surface area contributed by atoms with Crippen LogP contribution >= 0.6 is 0 Å². The van der Waals surface area contributed by atoms with E-state index in [2.05, 4.69) is 19.2 Å². The summed E-state index contributed by atoms with van der Waals surface area (Å²) in [6.07, 6.45) is 5.73. The van der Waals surface area contributed by atoms with Crippen molar-refractivity contribution in [2.45, 2.75) is 50.9 Å². The molecule has 1 spiro atoms. The van der Waals surface area contributed by atoms with E-state index in [1.807, 2.05) is 17.1 Å². The second kappa shape index (κ2) is 6.37. The largest absolute Gasteiger partial charge is 0.360 e. The second-order valence-electron chi connectivity index (χ2n) is 7.76. The normalized spacial score (nSPS) is 35.9. The molecule has 3 amide bonds. The number of carbonyl (C=O) groups excluding carboxylic acids is 3. The third-order valence-corrected chi connectivity index (χ3v) is 6.42. The van der Waals surface area contributed by atoms with Crippen LogP contribution in [-0.2, 0) is 19.1 Å². The third-order valence-electron chi connectivity index (χ3n) is 6.42. The topological polar surface area (TPSA) is 79.0 Å². The summed E-state index contributed by atoms with van der Waals surface area (Å²) in [5.74, 6) is -0.939. The highest BCUT2D eigenvalue weighted by Crippen LogP contribution is 2.53. The summed E-state index contributed by atoms with van der Waals surface area (Å²) in [4.78, 5) is 41.7. The van der Waals surface area contributed by atoms with Gasteiger partial charge < -0.3 is 19.9 Å². The molecular formula is C19H27N3O4. The molecule has 0 saturated carbocycles. The zero-order valence-electron chi connectivity index (χ0n) is 15.4. The van der Waals surface area contributed by atoms with E-state index >= 15 is 0 Å². The number of fused-ring (bicyclic) bond motifs is 1. The van der Waals surface area contributed by atoms with Crippen LogP contribution in [-0.4, -0.2) is 71.4 Å². The van der Waals surface area contributed by atoms with Gasteiger partial charge in [-0.3, -0.25) is 14.4 Å². The molecule has 3 fully saturated rings. The second-order valence-corrected chi connectivity index (χ2v) is 7.76. The van der Waals surface area contributed by atoms with E-state index in [1.54, 1.807) is 4.90 Å². The molecule has 142 valence electrons. The van der Waals surface area contributed by atoms with Crippen LogP contribution in [0, 0.1) is 11.8 Å². The van der Waals surface area contributed by atoms with Gasteiger partial charge in [-0.05, 0) is 12.8 Å². The van der Waals surface area contributed by atoms with Crippen LogP contribution in [0.15, 0.2) is 12.2 Å². The minimum Gasteiger partial charge on any atom is -0.360 e. The quantitative estimate of drug-likeness (QED) is 0.731. The number of carbonyl (C=O) groups is 3. The number of nitrogens with one attached hydrogen (secondary N) is 1. The summed E-state index contributed by atoms with van der Waals surface area (Å²) < 4.78 is 6.20. The number of hydrogen-bond acceptors (Lipinski definition) is 4. The standard InChI is InChI=1S/C19H27N3O4/c1-3-12(4-2)22-11-19-7-5-13(26-19)15(16(19)18(22)25)17(24)21-9-6-14(23)20-8-10-21/h5,7,12-13,15-16H,3-4,6,8-11H2,1-2H3,(H,20,23)/t13-,15+,16-,19-/m0/s1. The molecule has 7 heteroatoms. The van der Waals surface area contributed by atoms with E-state index in [4.69, 9.17) is 4.74 Å². The Morgan fingerprint density at radius 3 is 2.85 bits per heavy atom. The van der Waals surface area contributed by atoms with Gasteiger partial charge in [0.2, 0.25) is 17.7 Å². The molecule has 1 N–H and O–H groups in total. The summed E-state index contributed by atoms with van der Waals surface area (Å²) in [6.45, 7) is 6.07. The van der Waals surface area contributed by atoms with E-state index in [0.29, 0.717) is 32.6 Å². The Labute approximate surface area is 153 Å². The lowest BCUT2D eigenvalue weighted by atomic mass is 9.76. The third kappa shape index (κ3) is 2.47. The number of rotatable bonds is 4. The monoisotopic (exact) mass is 361 g/mol. The van der Waals surface area contributed by atoms with E-state index in [1.165, 1.54) is 0 Å². The molecule has 4 aliphatic heterocycles. The fourth-order valence-corrected chi connectivity index (χ4v) is 5.05. The summed E-state index contributed by atoms with van der Waals surface area (Å²) in [7, 11) is 0. The Morgan fingerprint density at radius 2 is 2.12 bits per heavy atom. The predicted octanol–water partition coefficient (Wildman–Crippen LogP) is 0.306. The molecule has 4 aliphatic rings. The molecule has 4 heterocycles. The van der Waals surface area contributed by atoms with Gasteiger partial charge in [0.05, 0.1) is 24.5 Å². The molecular weight excluding hydrogens is 334 g/mol. The first-order valence-electron chi connectivity index (χ1n) is 9.74. The summed E-state index contributed by atoms with van der Waals surface area (Å²) in [6, 6.07) is 0.189. The lowest BCUT2D eigenvalue weighted by molar-refractivity contribution is -0.144. The molecule has 0 radical (unpaired) electrons. The van der Waals surface area contributed by atoms with E-state index in [9.17, 15) is 14.4 Å². The van der Waals surface area contributed by atoms with Gasteiger partial charge in [0.15, 0.2) is 0 Å². The van der Waals surface area contributed by atoms with Gasteiger partial charge in [-0.1, -0.05) is 26.0 Å². The van der Waals surface area contributed by atoms with E-state index in [-0.39, 0.29) is 29.9 Å².